The van der Waals surface area contributed by atoms with Crippen molar-refractivity contribution < 1.29 is 5.11 Å². The second-order valence-electron chi connectivity index (χ2n) is 2.18. The molecular weight excluding hydrogens is 112 g/mol. The fourth-order valence-electron chi connectivity index (χ4n) is 0. The first-order valence-corrected chi connectivity index (χ1v) is 2.73. The molecule has 0 spiro atoms. The lowest BCUT2D eigenvalue weighted by Crippen LogP contribution is -2.22. The van der Waals surface area contributed by atoms with Gasteiger partial charge in [0.2, 0.25) is 0 Å². The van der Waals surface area contributed by atoms with Gasteiger partial charge in [-0.3, -0.25) is 0 Å². The van der Waals surface area contributed by atoms with Crippen LogP contribution in [0.3, 0.4) is 0 Å². The van der Waals surface area contributed by atoms with E-state index < -0.39 is 5.06 Å². The van der Waals surface area contributed by atoms with Gasteiger partial charge in [-0.2, -0.15) is 0 Å². The molecule has 0 aromatic heterocycles. The van der Waals surface area contributed by atoms with Crippen molar-refractivity contribution in [3.8, 4) is 0 Å². The van der Waals surface area contributed by atoms with Gasteiger partial charge in [-0.15, -0.1) is 0 Å². The summed E-state index contributed by atoms with van der Waals surface area (Å²) in [5.41, 5.74) is 0. The predicted octanol–water partition coefficient (Wildman–Crippen LogP) is 1.59. The van der Waals surface area contributed by atoms with Gasteiger partial charge in [0, 0.05) is 0 Å². The maximum Gasteiger partial charge on any atom is 0.138 e. The van der Waals surface area contributed by atoms with E-state index in [0.29, 0.717) is 0 Å². The number of hydrogen-bond acceptors (Lipinski definition) is 1. The lowest BCUT2D eigenvalue weighted by atomic mass is 10.1. The van der Waals surface area contributed by atoms with Gasteiger partial charge < -0.3 is 5.11 Å². The molecule has 1 atom stereocenters. The van der Waals surface area contributed by atoms with Gasteiger partial charge in [0.25, 0.3) is 0 Å². The van der Waals surface area contributed by atoms with Crippen molar-refractivity contribution in [2.75, 3.05) is 0 Å². The van der Waals surface area contributed by atoms with Crippen molar-refractivity contribution in [1.82, 2.24) is 0 Å². The Morgan fingerprint density at radius 2 is 1.71 bits per heavy atom. The molecular formula is C5H11ClO. The molecule has 0 aromatic carbocycles. The summed E-state index contributed by atoms with van der Waals surface area (Å²) in [6.07, 6.45) is 0. The number of alkyl halides is 1. The van der Waals surface area contributed by atoms with Crippen LogP contribution in [-0.2, 0) is 0 Å². The average molecular weight is 123 g/mol. The van der Waals surface area contributed by atoms with Crippen LogP contribution in [0.1, 0.15) is 20.8 Å². The highest BCUT2D eigenvalue weighted by atomic mass is 35.5. The molecule has 0 rings (SSSR count). The Bertz CT molecular complexity index is 53.6. The molecule has 0 bridgehead atoms. The molecule has 0 aliphatic rings. The largest absolute Gasteiger partial charge is 0.375 e. The van der Waals surface area contributed by atoms with Crippen LogP contribution in [0.2, 0.25) is 0 Å². The molecule has 0 aromatic rings. The Labute approximate surface area is 49.3 Å². The van der Waals surface area contributed by atoms with Gasteiger partial charge in [0.15, 0.2) is 0 Å². The minimum Gasteiger partial charge on any atom is -0.375 e. The number of rotatable bonds is 1. The van der Waals surface area contributed by atoms with E-state index in [9.17, 15) is 0 Å². The van der Waals surface area contributed by atoms with E-state index in [0.717, 1.165) is 0 Å². The Kier molecular flexibility index (Phi) is 2.09. The molecule has 0 fully saturated rings. The van der Waals surface area contributed by atoms with Crippen molar-refractivity contribution in [1.29, 1.82) is 0 Å². The maximum absolute atomic E-state index is 8.86. The first-order chi connectivity index (χ1) is 2.94. The molecule has 44 valence electrons. The van der Waals surface area contributed by atoms with E-state index in [1.807, 2.05) is 13.8 Å². The quantitative estimate of drug-likeness (QED) is 0.524. The second kappa shape index (κ2) is 2.01. The Balaban J connectivity index is 3.54. The van der Waals surface area contributed by atoms with E-state index in [2.05, 4.69) is 0 Å². The summed E-state index contributed by atoms with van der Waals surface area (Å²) in [6.45, 7) is 5.32. The van der Waals surface area contributed by atoms with Gasteiger partial charge in [-0.25, -0.2) is 0 Å². The molecule has 1 unspecified atom stereocenters. The van der Waals surface area contributed by atoms with Crippen molar-refractivity contribution >= 4 is 11.6 Å². The van der Waals surface area contributed by atoms with Crippen molar-refractivity contribution in [3.05, 3.63) is 0 Å². The van der Waals surface area contributed by atoms with E-state index in [4.69, 9.17) is 16.7 Å². The molecule has 0 aliphatic carbocycles. The van der Waals surface area contributed by atoms with Crippen molar-refractivity contribution in [2.24, 2.45) is 5.92 Å². The first-order valence-electron chi connectivity index (χ1n) is 2.36. The molecule has 0 radical (unpaired) electrons. The topological polar surface area (TPSA) is 20.2 Å². The second-order valence-corrected chi connectivity index (χ2v) is 2.94. The maximum atomic E-state index is 8.86. The van der Waals surface area contributed by atoms with Gasteiger partial charge in [0.1, 0.15) is 5.06 Å². The number of halogens is 1. The summed E-state index contributed by atoms with van der Waals surface area (Å²) in [4.78, 5) is 0. The van der Waals surface area contributed by atoms with Crippen molar-refractivity contribution in [2.45, 2.75) is 25.8 Å². The summed E-state index contributed by atoms with van der Waals surface area (Å²) < 4.78 is 0. The summed E-state index contributed by atoms with van der Waals surface area (Å²) in [6, 6.07) is 0. The lowest BCUT2D eigenvalue weighted by molar-refractivity contribution is 0.0991. The van der Waals surface area contributed by atoms with Crippen LogP contribution in [0.5, 0.6) is 0 Å². The zero-order valence-electron chi connectivity index (χ0n) is 4.90. The van der Waals surface area contributed by atoms with Crippen LogP contribution < -0.4 is 0 Å². The van der Waals surface area contributed by atoms with E-state index in [1.165, 1.54) is 0 Å². The van der Waals surface area contributed by atoms with Crippen LogP contribution >= 0.6 is 11.6 Å². The van der Waals surface area contributed by atoms with Crippen LogP contribution in [0.15, 0.2) is 0 Å². The van der Waals surface area contributed by atoms with Gasteiger partial charge >= 0.3 is 0 Å². The fraction of sp³-hybridized carbons (Fsp3) is 1.00. The Morgan fingerprint density at radius 3 is 1.71 bits per heavy atom. The SMILES string of the molecule is CC(C)C(C)(O)Cl. The molecule has 7 heavy (non-hydrogen) atoms. The van der Waals surface area contributed by atoms with Crippen LogP contribution in [0, 0.1) is 5.92 Å². The normalized spacial score (nSPS) is 19.7. The minimum atomic E-state index is -1.03. The highest BCUT2D eigenvalue weighted by Crippen LogP contribution is 2.19. The molecule has 0 amide bonds. The monoisotopic (exact) mass is 122 g/mol. The predicted molar refractivity (Wildman–Crippen MR) is 31.3 cm³/mol. The third-order valence-corrected chi connectivity index (χ3v) is 1.49. The molecule has 0 aliphatic heterocycles. The van der Waals surface area contributed by atoms with Crippen LogP contribution in [0.25, 0.3) is 0 Å². The van der Waals surface area contributed by atoms with Gasteiger partial charge in [-0.1, -0.05) is 25.4 Å². The average Bonchev–Trinajstić information content (AvgIpc) is 1.31. The van der Waals surface area contributed by atoms with E-state index in [-0.39, 0.29) is 5.92 Å². The van der Waals surface area contributed by atoms with E-state index in [1.54, 1.807) is 6.92 Å². The van der Waals surface area contributed by atoms with Crippen molar-refractivity contribution in [3.63, 3.8) is 0 Å². The summed E-state index contributed by atoms with van der Waals surface area (Å²) in [5, 5.41) is 7.83. The Hall–Kier alpha value is 0.250. The molecule has 0 saturated heterocycles. The molecule has 0 saturated carbocycles. The highest BCUT2D eigenvalue weighted by Gasteiger charge is 2.19. The smallest absolute Gasteiger partial charge is 0.138 e. The van der Waals surface area contributed by atoms with Crippen LogP contribution in [0.4, 0.5) is 0 Å². The summed E-state index contributed by atoms with van der Waals surface area (Å²) >= 11 is 5.42. The number of hydrogen-bond donors (Lipinski definition) is 1. The minimum absolute atomic E-state index is 0.120. The number of aliphatic hydroxyl groups is 1. The molecule has 2 heteroatoms. The standard InChI is InChI=1S/C5H11ClO/c1-4(2)5(3,6)7/h4,7H,1-3H3. The first kappa shape index (κ1) is 7.25. The third kappa shape index (κ3) is 2.89. The highest BCUT2D eigenvalue weighted by molar-refractivity contribution is 6.22. The lowest BCUT2D eigenvalue weighted by Gasteiger charge is -2.17. The molecule has 1 nitrogen and oxygen atoms in total. The fourth-order valence-corrected chi connectivity index (χ4v) is 0. The third-order valence-electron chi connectivity index (χ3n) is 1.05. The Morgan fingerprint density at radius 1 is 1.57 bits per heavy atom. The molecule has 0 heterocycles. The van der Waals surface area contributed by atoms with Crippen LogP contribution in [-0.4, -0.2) is 10.2 Å². The van der Waals surface area contributed by atoms with E-state index >= 15 is 0 Å². The summed E-state index contributed by atoms with van der Waals surface area (Å²) in [7, 11) is 0. The summed E-state index contributed by atoms with van der Waals surface area (Å²) in [5.74, 6) is 0.120. The van der Waals surface area contributed by atoms with Gasteiger partial charge in [0.05, 0.1) is 0 Å². The zero-order valence-corrected chi connectivity index (χ0v) is 5.66. The molecule has 1 N–H and O–H groups in total. The zero-order chi connectivity index (χ0) is 6.08. The van der Waals surface area contributed by atoms with Gasteiger partial charge in [-0.05, 0) is 12.8 Å².